The summed E-state index contributed by atoms with van der Waals surface area (Å²) in [6.07, 6.45) is 1.04. The van der Waals surface area contributed by atoms with Gasteiger partial charge >= 0.3 is 0 Å². The SMILES string of the molecule is CNCC(CNCCc1cccc(OC)c1)C(C)C. The summed E-state index contributed by atoms with van der Waals surface area (Å²) in [5, 5.41) is 6.82. The average molecular weight is 264 g/mol. The van der Waals surface area contributed by atoms with Gasteiger partial charge in [0.15, 0.2) is 0 Å². The Labute approximate surface area is 117 Å². The Bertz CT molecular complexity index is 352. The van der Waals surface area contributed by atoms with E-state index in [0.29, 0.717) is 11.8 Å². The molecule has 0 heterocycles. The molecular formula is C16H28N2O. The molecule has 0 saturated heterocycles. The van der Waals surface area contributed by atoms with Crippen LogP contribution >= 0.6 is 0 Å². The molecule has 108 valence electrons. The molecule has 1 unspecified atom stereocenters. The molecule has 1 atom stereocenters. The molecule has 0 bridgehead atoms. The van der Waals surface area contributed by atoms with Crippen LogP contribution in [0.25, 0.3) is 0 Å². The summed E-state index contributed by atoms with van der Waals surface area (Å²) in [5.41, 5.74) is 1.32. The second-order valence-electron chi connectivity index (χ2n) is 5.37. The Kier molecular flexibility index (Phi) is 7.53. The van der Waals surface area contributed by atoms with Crippen LogP contribution in [-0.4, -0.2) is 33.8 Å². The molecule has 1 aromatic carbocycles. The van der Waals surface area contributed by atoms with Crippen molar-refractivity contribution in [1.82, 2.24) is 10.6 Å². The van der Waals surface area contributed by atoms with Crippen LogP contribution < -0.4 is 15.4 Å². The van der Waals surface area contributed by atoms with Crippen LogP contribution in [0.15, 0.2) is 24.3 Å². The molecular weight excluding hydrogens is 236 g/mol. The first-order valence-corrected chi connectivity index (χ1v) is 7.15. The third-order valence-electron chi connectivity index (χ3n) is 3.54. The van der Waals surface area contributed by atoms with E-state index in [0.717, 1.165) is 31.8 Å². The summed E-state index contributed by atoms with van der Waals surface area (Å²) in [4.78, 5) is 0. The number of hydrogen-bond donors (Lipinski definition) is 2. The standard InChI is InChI=1S/C16H28N2O/c1-13(2)15(11-17-3)12-18-9-8-14-6-5-7-16(10-14)19-4/h5-7,10,13,15,17-18H,8-9,11-12H2,1-4H3. The highest BCUT2D eigenvalue weighted by atomic mass is 16.5. The summed E-state index contributed by atoms with van der Waals surface area (Å²) in [6, 6.07) is 8.29. The molecule has 1 rings (SSSR count). The van der Waals surface area contributed by atoms with Crippen LogP contribution in [0.4, 0.5) is 0 Å². The molecule has 0 amide bonds. The van der Waals surface area contributed by atoms with Gasteiger partial charge in [0, 0.05) is 0 Å². The largest absolute Gasteiger partial charge is 0.497 e. The van der Waals surface area contributed by atoms with Crippen molar-refractivity contribution in [3.63, 3.8) is 0 Å². The van der Waals surface area contributed by atoms with Crippen LogP contribution in [0.1, 0.15) is 19.4 Å². The maximum atomic E-state index is 5.23. The molecule has 3 nitrogen and oxygen atoms in total. The van der Waals surface area contributed by atoms with Crippen molar-refractivity contribution in [2.75, 3.05) is 33.8 Å². The van der Waals surface area contributed by atoms with Crippen LogP contribution in [0.2, 0.25) is 0 Å². The third kappa shape index (κ3) is 6.08. The lowest BCUT2D eigenvalue weighted by Crippen LogP contribution is -2.34. The summed E-state index contributed by atoms with van der Waals surface area (Å²) in [7, 11) is 3.73. The zero-order chi connectivity index (χ0) is 14.1. The summed E-state index contributed by atoms with van der Waals surface area (Å²) in [5.74, 6) is 2.33. The van der Waals surface area contributed by atoms with E-state index in [1.807, 2.05) is 19.2 Å². The molecule has 0 aliphatic heterocycles. The molecule has 0 aromatic heterocycles. The van der Waals surface area contributed by atoms with Gasteiger partial charge in [-0.05, 0) is 62.6 Å². The number of ether oxygens (including phenoxy) is 1. The van der Waals surface area contributed by atoms with Crippen LogP contribution in [0.5, 0.6) is 5.75 Å². The zero-order valence-electron chi connectivity index (χ0n) is 12.7. The highest BCUT2D eigenvalue weighted by molar-refractivity contribution is 5.28. The van der Waals surface area contributed by atoms with E-state index in [1.165, 1.54) is 5.56 Å². The highest BCUT2D eigenvalue weighted by Crippen LogP contribution is 2.13. The fourth-order valence-electron chi connectivity index (χ4n) is 2.15. The topological polar surface area (TPSA) is 33.3 Å². The fourth-order valence-corrected chi connectivity index (χ4v) is 2.15. The third-order valence-corrected chi connectivity index (χ3v) is 3.54. The number of hydrogen-bond acceptors (Lipinski definition) is 3. The van der Waals surface area contributed by atoms with Gasteiger partial charge in [0.25, 0.3) is 0 Å². The lowest BCUT2D eigenvalue weighted by atomic mass is 9.96. The monoisotopic (exact) mass is 264 g/mol. The molecule has 3 heteroatoms. The minimum atomic E-state index is 0.690. The molecule has 1 aromatic rings. The lowest BCUT2D eigenvalue weighted by molar-refractivity contribution is 0.354. The van der Waals surface area contributed by atoms with Crippen molar-refractivity contribution < 1.29 is 4.74 Å². The smallest absolute Gasteiger partial charge is 0.119 e. The van der Waals surface area contributed by atoms with Gasteiger partial charge in [-0.2, -0.15) is 0 Å². The summed E-state index contributed by atoms with van der Waals surface area (Å²) >= 11 is 0. The second-order valence-corrected chi connectivity index (χ2v) is 5.37. The lowest BCUT2D eigenvalue weighted by Gasteiger charge is -2.21. The Morgan fingerprint density at radius 2 is 2.00 bits per heavy atom. The van der Waals surface area contributed by atoms with E-state index >= 15 is 0 Å². The van der Waals surface area contributed by atoms with Gasteiger partial charge in [-0.3, -0.25) is 0 Å². The van der Waals surface area contributed by atoms with Gasteiger partial charge in [0.05, 0.1) is 7.11 Å². The van der Waals surface area contributed by atoms with Gasteiger partial charge in [-0.25, -0.2) is 0 Å². The fraction of sp³-hybridized carbons (Fsp3) is 0.625. The van der Waals surface area contributed by atoms with E-state index < -0.39 is 0 Å². The van der Waals surface area contributed by atoms with Crippen LogP contribution in [0, 0.1) is 11.8 Å². The first-order valence-electron chi connectivity index (χ1n) is 7.15. The minimum absolute atomic E-state index is 0.690. The average Bonchev–Trinajstić information content (AvgIpc) is 2.42. The highest BCUT2D eigenvalue weighted by Gasteiger charge is 2.11. The molecule has 0 radical (unpaired) electrons. The van der Waals surface area contributed by atoms with E-state index in [-0.39, 0.29) is 0 Å². The summed E-state index contributed by atoms with van der Waals surface area (Å²) in [6.45, 7) is 7.73. The van der Waals surface area contributed by atoms with Crippen molar-refractivity contribution in [2.45, 2.75) is 20.3 Å². The molecule has 0 aliphatic rings. The molecule has 0 saturated carbocycles. The van der Waals surface area contributed by atoms with Crippen LogP contribution in [0.3, 0.4) is 0 Å². The van der Waals surface area contributed by atoms with E-state index in [1.54, 1.807) is 7.11 Å². The van der Waals surface area contributed by atoms with Crippen molar-refractivity contribution in [3.8, 4) is 5.75 Å². The van der Waals surface area contributed by atoms with E-state index in [2.05, 4.69) is 36.6 Å². The quantitative estimate of drug-likeness (QED) is 0.672. The van der Waals surface area contributed by atoms with Gasteiger partial charge in [-0.15, -0.1) is 0 Å². The van der Waals surface area contributed by atoms with Gasteiger partial charge in [0.2, 0.25) is 0 Å². The van der Waals surface area contributed by atoms with Gasteiger partial charge < -0.3 is 15.4 Å². The maximum Gasteiger partial charge on any atom is 0.119 e. The van der Waals surface area contributed by atoms with Crippen molar-refractivity contribution >= 4 is 0 Å². The molecule has 0 aliphatic carbocycles. The predicted octanol–water partition coefficient (Wildman–Crippen LogP) is 2.32. The normalized spacial score (nSPS) is 12.7. The number of benzene rings is 1. The Hall–Kier alpha value is -1.06. The molecule has 0 fully saturated rings. The minimum Gasteiger partial charge on any atom is -0.497 e. The maximum absolute atomic E-state index is 5.23. The number of rotatable bonds is 9. The van der Waals surface area contributed by atoms with Crippen LogP contribution in [-0.2, 0) is 6.42 Å². The first kappa shape index (κ1) is 16.0. The van der Waals surface area contributed by atoms with E-state index in [9.17, 15) is 0 Å². The molecule has 19 heavy (non-hydrogen) atoms. The Balaban J connectivity index is 2.29. The Morgan fingerprint density at radius 1 is 1.21 bits per heavy atom. The second kappa shape index (κ2) is 8.94. The van der Waals surface area contributed by atoms with Crippen molar-refractivity contribution in [3.05, 3.63) is 29.8 Å². The van der Waals surface area contributed by atoms with Crippen molar-refractivity contribution in [1.29, 1.82) is 0 Å². The predicted molar refractivity (Wildman–Crippen MR) is 81.8 cm³/mol. The summed E-state index contributed by atoms with van der Waals surface area (Å²) < 4.78 is 5.23. The number of methoxy groups -OCH3 is 1. The first-order chi connectivity index (χ1) is 9.17. The zero-order valence-corrected chi connectivity index (χ0v) is 12.7. The Morgan fingerprint density at radius 3 is 2.63 bits per heavy atom. The molecule has 2 N–H and O–H groups in total. The number of nitrogens with one attached hydrogen (secondary N) is 2. The van der Waals surface area contributed by atoms with Gasteiger partial charge in [-0.1, -0.05) is 26.0 Å². The van der Waals surface area contributed by atoms with Crippen molar-refractivity contribution in [2.24, 2.45) is 11.8 Å². The van der Waals surface area contributed by atoms with E-state index in [4.69, 9.17) is 4.74 Å². The molecule has 0 spiro atoms. The van der Waals surface area contributed by atoms with Gasteiger partial charge in [0.1, 0.15) is 5.75 Å².